The van der Waals surface area contributed by atoms with Gasteiger partial charge in [0.2, 0.25) is 0 Å². The number of imidazole rings is 1. The molecule has 0 fully saturated rings. The summed E-state index contributed by atoms with van der Waals surface area (Å²) in [5.41, 5.74) is 2.79. The Morgan fingerprint density at radius 1 is 1.50 bits per heavy atom. The van der Waals surface area contributed by atoms with Gasteiger partial charge in [-0.1, -0.05) is 6.07 Å². The van der Waals surface area contributed by atoms with Crippen LogP contribution >= 0.6 is 0 Å². The van der Waals surface area contributed by atoms with Crippen molar-refractivity contribution < 1.29 is 9.90 Å². The number of aliphatic carboxylic acids is 1. The fraction of sp³-hybridized carbons (Fsp3) is 0.167. The number of fused-ring (bicyclic) bond motifs is 1. The average molecular weight is 216 g/mol. The summed E-state index contributed by atoms with van der Waals surface area (Å²) in [6.07, 6.45) is 2.70. The predicted molar refractivity (Wildman–Crippen MR) is 62.1 cm³/mol. The summed E-state index contributed by atoms with van der Waals surface area (Å²) >= 11 is 0. The van der Waals surface area contributed by atoms with Crippen molar-refractivity contribution in [3.8, 4) is 0 Å². The number of rotatable bonds is 2. The minimum atomic E-state index is -0.943. The van der Waals surface area contributed by atoms with Crippen LogP contribution in [0.4, 0.5) is 0 Å². The monoisotopic (exact) mass is 216 g/mol. The molecule has 2 aromatic rings. The van der Waals surface area contributed by atoms with Crippen LogP contribution in [-0.2, 0) is 11.8 Å². The lowest BCUT2D eigenvalue weighted by Crippen LogP contribution is -1.90. The molecule has 82 valence electrons. The molecule has 0 atom stereocenters. The highest BCUT2D eigenvalue weighted by molar-refractivity contribution is 5.87. The van der Waals surface area contributed by atoms with Crippen molar-refractivity contribution in [2.45, 2.75) is 6.92 Å². The molecule has 0 radical (unpaired) electrons. The van der Waals surface area contributed by atoms with E-state index in [-0.39, 0.29) is 0 Å². The minimum absolute atomic E-state index is 0.859. The molecule has 1 heterocycles. The summed E-state index contributed by atoms with van der Waals surface area (Å²) in [5.74, 6) is -0.00403. The molecule has 1 aromatic heterocycles. The molecule has 0 aliphatic heterocycles. The van der Waals surface area contributed by atoms with Crippen LogP contribution in [0.15, 0.2) is 24.3 Å². The molecule has 0 spiro atoms. The molecule has 0 aliphatic carbocycles. The molecular weight excluding hydrogens is 204 g/mol. The number of carboxylic acid groups (broad SMARTS) is 1. The molecule has 0 unspecified atom stereocenters. The Hall–Kier alpha value is -2.10. The van der Waals surface area contributed by atoms with E-state index in [1.54, 1.807) is 6.08 Å². The molecule has 1 N–H and O–H groups in total. The van der Waals surface area contributed by atoms with Gasteiger partial charge in [-0.05, 0) is 30.7 Å². The maximum absolute atomic E-state index is 10.4. The summed E-state index contributed by atoms with van der Waals surface area (Å²) < 4.78 is 1.98. The molecule has 16 heavy (non-hydrogen) atoms. The standard InChI is InChI=1S/C12H12N2O2/c1-8-13-10-5-3-9(4-6-12(15)16)7-11(10)14(8)2/h3-7H,1-2H3,(H,15,16)/b6-4+. The molecule has 0 aliphatic rings. The Morgan fingerprint density at radius 3 is 2.94 bits per heavy atom. The highest BCUT2D eigenvalue weighted by Crippen LogP contribution is 2.17. The zero-order valence-electron chi connectivity index (χ0n) is 9.14. The van der Waals surface area contributed by atoms with Gasteiger partial charge in [-0.25, -0.2) is 9.78 Å². The number of carboxylic acids is 1. The third-order valence-electron chi connectivity index (χ3n) is 2.55. The largest absolute Gasteiger partial charge is 0.478 e. The van der Waals surface area contributed by atoms with Crippen LogP contribution in [0.3, 0.4) is 0 Å². The Kier molecular flexibility index (Phi) is 2.48. The van der Waals surface area contributed by atoms with E-state index in [4.69, 9.17) is 5.11 Å². The maximum atomic E-state index is 10.4. The molecule has 4 nitrogen and oxygen atoms in total. The van der Waals surface area contributed by atoms with Crippen LogP contribution in [0, 0.1) is 6.92 Å². The number of hydrogen-bond acceptors (Lipinski definition) is 2. The molecule has 0 saturated carbocycles. The Morgan fingerprint density at radius 2 is 2.25 bits per heavy atom. The smallest absolute Gasteiger partial charge is 0.328 e. The first-order chi connectivity index (χ1) is 7.58. The van der Waals surface area contributed by atoms with E-state index < -0.39 is 5.97 Å². The second-order valence-corrected chi connectivity index (χ2v) is 3.64. The lowest BCUT2D eigenvalue weighted by molar-refractivity contribution is -0.131. The Bertz CT molecular complexity index is 582. The van der Waals surface area contributed by atoms with Crippen LogP contribution in [0.5, 0.6) is 0 Å². The Balaban J connectivity index is 2.51. The van der Waals surface area contributed by atoms with E-state index in [1.165, 1.54) is 0 Å². The molecule has 4 heteroatoms. The van der Waals surface area contributed by atoms with Crippen LogP contribution in [0.2, 0.25) is 0 Å². The van der Waals surface area contributed by atoms with Gasteiger partial charge >= 0.3 is 5.97 Å². The first kappa shape index (κ1) is 10.4. The number of aryl methyl sites for hydroxylation is 2. The zero-order valence-corrected chi connectivity index (χ0v) is 9.14. The van der Waals surface area contributed by atoms with E-state index in [2.05, 4.69) is 4.98 Å². The van der Waals surface area contributed by atoms with Crippen molar-refractivity contribution in [2.75, 3.05) is 0 Å². The van der Waals surface area contributed by atoms with Crippen molar-refractivity contribution in [1.29, 1.82) is 0 Å². The molecule has 0 bridgehead atoms. The van der Waals surface area contributed by atoms with Gasteiger partial charge in [0.15, 0.2) is 0 Å². The van der Waals surface area contributed by atoms with Gasteiger partial charge in [0.1, 0.15) is 5.82 Å². The topological polar surface area (TPSA) is 55.1 Å². The molecule has 0 saturated heterocycles. The average Bonchev–Trinajstić information content (AvgIpc) is 2.52. The number of carbonyl (C=O) groups is 1. The quantitative estimate of drug-likeness (QED) is 0.781. The number of nitrogens with zero attached hydrogens (tertiary/aromatic N) is 2. The van der Waals surface area contributed by atoms with Crippen LogP contribution in [0.1, 0.15) is 11.4 Å². The highest BCUT2D eigenvalue weighted by atomic mass is 16.4. The number of hydrogen-bond donors (Lipinski definition) is 1. The summed E-state index contributed by atoms with van der Waals surface area (Å²) in [7, 11) is 1.94. The van der Waals surface area contributed by atoms with Gasteiger partial charge in [-0.2, -0.15) is 0 Å². The van der Waals surface area contributed by atoms with E-state index in [0.29, 0.717) is 0 Å². The fourth-order valence-electron chi connectivity index (χ4n) is 1.60. The van der Waals surface area contributed by atoms with Gasteiger partial charge in [0.25, 0.3) is 0 Å². The fourth-order valence-corrected chi connectivity index (χ4v) is 1.60. The van der Waals surface area contributed by atoms with Gasteiger partial charge in [0.05, 0.1) is 11.0 Å². The van der Waals surface area contributed by atoms with Crippen molar-refractivity contribution in [1.82, 2.24) is 9.55 Å². The van der Waals surface area contributed by atoms with E-state index >= 15 is 0 Å². The Labute approximate surface area is 92.8 Å². The minimum Gasteiger partial charge on any atom is -0.478 e. The van der Waals surface area contributed by atoms with Crippen LogP contribution in [0.25, 0.3) is 17.1 Å². The van der Waals surface area contributed by atoms with Gasteiger partial charge in [-0.3, -0.25) is 0 Å². The molecule has 2 rings (SSSR count). The SMILES string of the molecule is Cc1nc2ccc(/C=C/C(=O)O)cc2n1C. The van der Waals surface area contributed by atoms with E-state index in [9.17, 15) is 4.79 Å². The van der Waals surface area contributed by atoms with Crippen LogP contribution < -0.4 is 0 Å². The third-order valence-corrected chi connectivity index (χ3v) is 2.55. The van der Waals surface area contributed by atoms with Gasteiger partial charge in [0, 0.05) is 13.1 Å². The number of aromatic nitrogens is 2. The number of benzene rings is 1. The molecule has 0 amide bonds. The second kappa shape index (κ2) is 3.81. The second-order valence-electron chi connectivity index (χ2n) is 3.64. The summed E-state index contributed by atoms with van der Waals surface area (Å²) in [4.78, 5) is 14.8. The third kappa shape index (κ3) is 1.82. The van der Waals surface area contributed by atoms with Crippen molar-refractivity contribution in [3.63, 3.8) is 0 Å². The van der Waals surface area contributed by atoms with Crippen molar-refractivity contribution in [3.05, 3.63) is 35.7 Å². The highest BCUT2D eigenvalue weighted by Gasteiger charge is 2.03. The molecule has 1 aromatic carbocycles. The lowest BCUT2D eigenvalue weighted by atomic mass is 10.2. The van der Waals surface area contributed by atoms with Crippen LogP contribution in [-0.4, -0.2) is 20.6 Å². The zero-order chi connectivity index (χ0) is 11.7. The van der Waals surface area contributed by atoms with E-state index in [1.807, 2.05) is 36.7 Å². The summed E-state index contributed by atoms with van der Waals surface area (Å²) in [5, 5.41) is 8.54. The lowest BCUT2D eigenvalue weighted by Gasteiger charge is -1.97. The predicted octanol–water partition coefficient (Wildman–Crippen LogP) is 1.98. The van der Waals surface area contributed by atoms with Crippen molar-refractivity contribution in [2.24, 2.45) is 7.05 Å². The van der Waals surface area contributed by atoms with Crippen molar-refractivity contribution >= 4 is 23.1 Å². The summed E-state index contributed by atoms with van der Waals surface area (Å²) in [6.45, 7) is 1.94. The first-order valence-corrected chi connectivity index (χ1v) is 4.92. The molecular formula is C12H12N2O2. The maximum Gasteiger partial charge on any atom is 0.328 e. The van der Waals surface area contributed by atoms with E-state index in [0.717, 1.165) is 28.5 Å². The van der Waals surface area contributed by atoms with Gasteiger partial charge in [-0.15, -0.1) is 0 Å². The van der Waals surface area contributed by atoms with Gasteiger partial charge < -0.3 is 9.67 Å². The first-order valence-electron chi connectivity index (χ1n) is 4.92. The normalized spacial score (nSPS) is 11.4. The summed E-state index contributed by atoms with van der Waals surface area (Å²) in [6, 6.07) is 5.67.